The molecule has 2 atom stereocenters. The first-order valence-electron chi connectivity index (χ1n) is 7.45. The average Bonchev–Trinajstić information content (AvgIpc) is 2.48. The monoisotopic (exact) mass is 292 g/mol. The number of hydrogen-bond donors (Lipinski definition) is 1. The van der Waals surface area contributed by atoms with Crippen LogP contribution in [0, 0.1) is 0 Å². The number of carbonyl (C=O) groups is 1. The van der Waals surface area contributed by atoms with Crippen molar-refractivity contribution in [2.24, 2.45) is 0 Å². The SMILES string of the molecule is CCOC(=O)N1CC[C@H](N(C)Cc2ccccc2)[C@@H](O)C1. The number of aliphatic hydroxyl groups excluding tert-OH is 1. The summed E-state index contributed by atoms with van der Waals surface area (Å²) in [5.41, 5.74) is 1.22. The third-order valence-electron chi connectivity index (χ3n) is 3.91. The van der Waals surface area contributed by atoms with Crippen molar-refractivity contribution in [2.75, 3.05) is 26.7 Å². The van der Waals surface area contributed by atoms with Gasteiger partial charge in [-0.25, -0.2) is 4.79 Å². The van der Waals surface area contributed by atoms with Crippen LogP contribution in [0.5, 0.6) is 0 Å². The predicted octanol–water partition coefficient (Wildman–Crippen LogP) is 1.71. The lowest BCUT2D eigenvalue weighted by Gasteiger charge is -2.39. The van der Waals surface area contributed by atoms with E-state index in [2.05, 4.69) is 17.0 Å². The predicted molar refractivity (Wildman–Crippen MR) is 80.9 cm³/mol. The van der Waals surface area contributed by atoms with E-state index in [0.717, 1.165) is 13.0 Å². The molecular weight excluding hydrogens is 268 g/mol. The van der Waals surface area contributed by atoms with Gasteiger partial charge in [0.2, 0.25) is 0 Å². The molecule has 2 rings (SSSR count). The smallest absolute Gasteiger partial charge is 0.409 e. The number of piperidine rings is 1. The van der Waals surface area contributed by atoms with E-state index >= 15 is 0 Å². The van der Waals surface area contributed by atoms with Gasteiger partial charge in [-0.15, -0.1) is 0 Å². The highest BCUT2D eigenvalue weighted by atomic mass is 16.6. The number of likely N-dealkylation sites (N-methyl/N-ethyl adjacent to an activating group) is 1. The molecule has 0 aromatic heterocycles. The van der Waals surface area contributed by atoms with Gasteiger partial charge in [0.15, 0.2) is 0 Å². The minimum Gasteiger partial charge on any atom is -0.450 e. The van der Waals surface area contributed by atoms with Crippen molar-refractivity contribution in [1.29, 1.82) is 0 Å². The molecule has 1 amide bonds. The standard InChI is InChI=1S/C16H24N2O3/c1-3-21-16(20)18-10-9-14(15(19)12-18)17(2)11-13-7-5-4-6-8-13/h4-8,14-15,19H,3,9-12H2,1-2H3/t14-,15-/m0/s1. The third-order valence-corrected chi connectivity index (χ3v) is 3.91. The molecule has 0 spiro atoms. The van der Waals surface area contributed by atoms with Crippen molar-refractivity contribution < 1.29 is 14.6 Å². The number of β-amino-alcohol motifs (C(OH)–C–C–N with tert-alkyl or cyclic N) is 1. The summed E-state index contributed by atoms with van der Waals surface area (Å²) in [6.45, 7) is 3.90. The van der Waals surface area contributed by atoms with Crippen molar-refractivity contribution in [2.45, 2.75) is 32.0 Å². The van der Waals surface area contributed by atoms with Gasteiger partial charge in [-0.3, -0.25) is 4.90 Å². The summed E-state index contributed by atoms with van der Waals surface area (Å²) in [7, 11) is 2.01. The number of rotatable bonds is 4. The quantitative estimate of drug-likeness (QED) is 0.918. The highest BCUT2D eigenvalue weighted by molar-refractivity contribution is 5.67. The molecular formula is C16H24N2O3. The lowest BCUT2D eigenvalue weighted by Crippen LogP contribution is -2.54. The van der Waals surface area contributed by atoms with Gasteiger partial charge < -0.3 is 14.7 Å². The van der Waals surface area contributed by atoms with Crippen LogP contribution in [0.3, 0.4) is 0 Å². The number of likely N-dealkylation sites (tertiary alicyclic amines) is 1. The summed E-state index contributed by atoms with van der Waals surface area (Å²) in [5, 5.41) is 10.3. The van der Waals surface area contributed by atoms with E-state index in [4.69, 9.17) is 4.74 Å². The van der Waals surface area contributed by atoms with E-state index in [9.17, 15) is 9.90 Å². The normalized spacial score (nSPS) is 22.4. The highest BCUT2D eigenvalue weighted by Crippen LogP contribution is 2.18. The fourth-order valence-corrected chi connectivity index (χ4v) is 2.80. The van der Waals surface area contributed by atoms with Gasteiger partial charge in [-0.1, -0.05) is 30.3 Å². The summed E-state index contributed by atoms with van der Waals surface area (Å²) >= 11 is 0. The Morgan fingerprint density at radius 3 is 2.76 bits per heavy atom. The van der Waals surface area contributed by atoms with Crippen LogP contribution >= 0.6 is 0 Å². The number of benzene rings is 1. The van der Waals surface area contributed by atoms with Crippen LogP contribution < -0.4 is 0 Å². The molecule has 0 aliphatic carbocycles. The molecule has 0 saturated carbocycles. The van der Waals surface area contributed by atoms with Crippen molar-refractivity contribution in [3.05, 3.63) is 35.9 Å². The summed E-state index contributed by atoms with van der Waals surface area (Å²) in [6, 6.07) is 10.3. The Hall–Kier alpha value is -1.59. The highest BCUT2D eigenvalue weighted by Gasteiger charge is 2.32. The van der Waals surface area contributed by atoms with Crippen LogP contribution in [0.4, 0.5) is 4.79 Å². The number of amides is 1. The first-order chi connectivity index (χ1) is 10.1. The number of ether oxygens (including phenoxy) is 1. The van der Waals surface area contributed by atoms with Crippen molar-refractivity contribution >= 4 is 6.09 Å². The molecule has 1 N–H and O–H groups in total. The topological polar surface area (TPSA) is 53.0 Å². The maximum atomic E-state index is 11.7. The zero-order valence-corrected chi connectivity index (χ0v) is 12.7. The van der Waals surface area contributed by atoms with Crippen LogP contribution in [0.25, 0.3) is 0 Å². The first-order valence-corrected chi connectivity index (χ1v) is 7.45. The summed E-state index contributed by atoms with van der Waals surface area (Å²) in [5.74, 6) is 0. The van der Waals surface area contributed by atoms with Crippen molar-refractivity contribution in [1.82, 2.24) is 9.80 Å². The van der Waals surface area contributed by atoms with Crippen LogP contribution in [0.1, 0.15) is 18.9 Å². The second-order valence-electron chi connectivity index (χ2n) is 5.47. The molecule has 0 radical (unpaired) electrons. The van der Waals surface area contributed by atoms with Gasteiger partial charge in [0.25, 0.3) is 0 Å². The summed E-state index contributed by atoms with van der Waals surface area (Å²) in [6.07, 6.45) is -0.124. The van der Waals surface area contributed by atoms with Crippen LogP contribution in [-0.4, -0.2) is 59.9 Å². The molecule has 1 aromatic rings. The van der Waals surface area contributed by atoms with Gasteiger partial charge in [-0.2, -0.15) is 0 Å². The maximum Gasteiger partial charge on any atom is 0.409 e. The Kier molecular flexibility index (Phi) is 5.59. The van der Waals surface area contributed by atoms with Crippen LogP contribution in [0.2, 0.25) is 0 Å². The van der Waals surface area contributed by atoms with Gasteiger partial charge in [0.05, 0.1) is 19.3 Å². The van der Waals surface area contributed by atoms with Gasteiger partial charge in [0.1, 0.15) is 0 Å². The zero-order chi connectivity index (χ0) is 15.2. The van der Waals surface area contributed by atoms with E-state index in [1.165, 1.54) is 5.56 Å². The lowest BCUT2D eigenvalue weighted by molar-refractivity contribution is -0.00719. The van der Waals surface area contributed by atoms with Crippen molar-refractivity contribution in [3.8, 4) is 0 Å². The molecule has 0 bridgehead atoms. The molecule has 5 heteroatoms. The van der Waals surface area contributed by atoms with E-state index in [-0.39, 0.29) is 12.1 Å². The van der Waals surface area contributed by atoms with E-state index in [1.54, 1.807) is 11.8 Å². The molecule has 116 valence electrons. The largest absolute Gasteiger partial charge is 0.450 e. The molecule has 1 aliphatic rings. The molecule has 1 aliphatic heterocycles. The Balaban J connectivity index is 1.89. The number of nitrogens with zero attached hydrogens (tertiary/aromatic N) is 2. The Morgan fingerprint density at radius 2 is 2.14 bits per heavy atom. The Morgan fingerprint density at radius 1 is 1.43 bits per heavy atom. The fourth-order valence-electron chi connectivity index (χ4n) is 2.80. The Bertz CT molecular complexity index is 452. The first kappa shape index (κ1) is 15.8. The van der Waals surface area contributed by atoms with Crippen LogP contribution in [0.15, 0.2) is 30.3 Å². The molecule has 0 unspecified atom stereocenters. The number of aliphatic hydroxyl groups is 1. The maximum absolute atomic E-state index is 11.7. The molecule has 1 heterocycles. The lowest BCUT2D eigenvalue weighted by atomic mass is 10.00. The Labute approximate surface area is 126 Å². The van der Waals surface area contributed by atoms with Crippen LogP contribution in [-0.2, 0) is 11.3 Å². The summed E-state index contributed by atoms with van der Waals surface area (Å²) < 4.78 is 4.98. The second kappa shape index (κ2) is 7.43. The molecule has 21 heavy (non-hydrogen) atoms. The molecule has 1 aromatic carbocycles. The molecule has 5 nitrogen and oxygen atoms in total. The zero-order valence-electron chi connectivity index (χ0n) is 12.7. The van der Waals surface area contributed by atoms with Crippen molar-refractivity contribution in [3.63, 3.8) is 0 Å². The van der Waals surface area contributed by atoms with E-state index in [0.29, 0.717) is 19.7 Å². The average molecular weight is 292 g/mol. The molecule has 1 fully saturated rings. The minimum absolute atomic E-state index is 0.0656. The van der Waals surface area contributed by atoms with Gasteiger partial charge in [-0.05, 0) is 26.0 Å². The second-order valence-corrected chi connectivity index (χ2v) is 5.47. The van der Waals surface area contributed by atoms with E-state index < -0.39 is 6.10 Å². The van der Waals surface area contributed by atoms with E-state index in [1.807, 2.05) is 25.2 Å². The minimum atomic E-state index is -0.545. The molecule has 1 saturated heterocycles. The number of hydrogen-bond acceptors (Lipinski definition) is 4. The fraction of sp³-hybridized carbons (Fsp3) is 0.562. The van der Waals surface area contributed by atoms with Gasteiger partial charge >= 0.3 is 6.09 Å². The number of carbonyl (C=O) groups excluding carboxylic acids is 1. The third kappa shape index (κ3) is 4.19. The summed E-state index contributed by atoms with van der Waals surface area (Å²) in [4.78, 5) is 15.4. The van der Waals surface area contributed by atoms with Gasteiger partial charge in [0, 0.05) is 19.1 Å².